The third-order valence-electron chi connectivity index (χ3n) is 5.90. The topological polar surface area (TPSA) is 60.4 Å². The van der Waals surface area contributed by atoms with Crippen molar-refractivity contribution in [1.82, 2.24) is 4.98 Å². The van der Waals surface area contributed by atoms with Gasteiger partial charge < -0.3 is 15.4 Å². The van der Waals surface area contributed by atoms with E-state index in [0.29, 0.717) is 0 Å². The maximum atomic E-state index is 9.78. The van der Waals surface area contributed by atoms with E-state index in [2.05, 4.69) is 58.8 Å². The zero-order chi connectivity index (χ0) is 22.2. The van der Waals surface area contributed by atoms with Crippen molar-refractivity contribution in [1.29, 1.82) is 0 Å². The molecule has 4 heteroatoms. The Hall–Kier alpha value is -4.57. The molecule has 33 heavy (non-hydrogen) atoms. The first-order chi connectivity index (χ1) is 16.3. The number of fused-ring (bicyclic) bond motifs is 2. The molecular formula is C29H21N3O. The van der Waals surface area contributed by atoms with Gasteiger partial charge in [0.05, 0.1) is 28.5 Å². The van der Waals surface area contributed by atoms with E-state index in [0.717, 1.165) is 56.1 Å². The van der Waals surface area contributed by atoms with Gasteiger partial charge in [0.2, 0.25) is 0 Å². The lowest BCUT2D eigenvalue weighted by Gasteiger charge is -2.13. The van der Waals surface area contributed by atoms with Crippen molar-refractivity contribution in [3.63, 3.8) is 0 Å². The van der Waals surface area contributed by atoms with Crippen LogP contribution in [-0.2, 0) is 0 Å². The number of benzene rings is 4. The lowest BCUT2D eigenvalue weighted by Crippen LogP contribution is -2.02. The zero-order valence-corrected chi connectivity index (χ0v) is 17.8. The molecule has 158 valence electrons. The van der Waals surface area contributed by atoms with E-state index in [1.807, 2.05) is 48.5 Å². The smallest absolute Gasteiger partial charge is 0.115 e. The second-order valence-electron chi connectivity index (χ2n) is 8.03. The fourth-order valence-corrected chi connectivity index (χ4v) is 4.31. The molecule has 0 radical (unpaired) electrons. The van der Waals surface area contributed by atoms with Crippen LogP contribution in [0.5, 0.6) is 5.75 Å². The maximum absolute atomic E-state index is 9.78. The molecule has 4 aromatic carbocycles. The van der Waals surface area contributed by atoms with Gasteiger partial charge in [-0.2, -0.15) is 0 Å². The Morgan fingerprint density at radius 3 is 2.24 bits per heavy atom. The van der Waals surface area contributed by atoms with Crippen molar-refractivity contribution >= 4 is 33.7 Å². The lowest BCUT2D eigenvalue weighted by atomic mass is 10.00. The number of H-pyrrole nitrogens is 1. The lowest BCUT2D eigenvalue weighted by molar-refractivity contribution is 0.475. The molecule has 0 saturated carbocycles. The fraction of sp³-hybridized carbons (Fsp3) is 0. The third-order valence-corrected chi connectivity index (χ3v) is 5.90. The van der Waals surface area contributed by atoms with Gasteiger partial charge in [-0.3, -0.25) is 0 Å². The van der Waals surface area contributed by atoms with Crippen LogP contribution in [0.2, 0.25) is 0 Å². The second-order valence-corrected chi connectivity index (χ2v) is 8.03. The molecule has 0 fully saturated rings. The number of hydrogen-bond donors (Lipinski definition) is 3. The fourth-order valence-electron chi connectivity index (χ4n) is 4.31. The van der Waals surface area contributed by atoms with Crippen molar-refractivity contribution in [2.75, 3.05) is 5.32 Å². The molecule has 0 aliphatic carbocycles. The normalized spacial score (nSPS) is 13.0. The number of aromatic nitrogens is 1. The van der Waals surface area contributed by atoms with E-state index in [-0.39, 0.29) is 5.75 Å². The Kier molecular flexibility index (Phi) is 4.55. The highest BCUT2D eigenvalue weighted by atomic mass is 16.3. The maximum Gasteiger partial charge on any atom is 0.115 e. The van der Waals surface area contributed by atoms with Crippen molar-refractivity contribution in [3.8, 4) is 17.0 Å². The number of aliphatic imine (C=N–C) groups is 1. The van der Waals surface area contributed by atoms with Crippen molar-refractivity contribution in [3.05, 3.63) is 120 Å². The van der Waals surface area contributed by atoms with Crippen LogP contribution in [-0.4, -0.2) is 15.8 Å². The van der Waals surface area contributed by atoms with E-state index in [1.165, 1.54) is 0 Å². The average Bonchev–Trinajstić information content (AvgIpc) is 3.14. The minimum absolute atomic E-state index is 0.235. The highest BCUT2D eigenvalue weighted by Gasteiger charge is 2.20. The van der Waals surface area contributed by atoms with Gasteiger partial charge in [0.25, 0.3) is 0 Å². The van der Waals surface area contributed by atoms with Crippen LogP contribution in [0.4, 0.5) is 11.4 Å². The summed E-state index contributed by atoms with van der Waals surface area (Å²) >= 11 is 0. The molecule has 1 aliphatic heterocycles. The number of anilines is 1. The molecular weight excluding hydrogens is 406 g/mol. The number of allylic oxidation sites excluding steroid dienone is 1. The van der Waals surface area contributed by atoms with Gasteiger partial charge in [-0.25, -0.2) is 4.99 Å². The van der Waals surface area contributed by atoms with Crippen LogP contribution < -0.4 is 5.32 Å². The number of rotatable bonds is 3. The Balaban J connectivity index is 1.62. The van der Waals surface area contributed by atoms with E-state index >= 15 is 0 Å². The predicted molar refractivity (Wildman–Crippen MR) is 136 cm³/mol. The molecule has 0 atom stereocenters. The summed E-state index contributed by atoms with van der Waals surface area (Å²) in [5, 5.41) is 14.6. The standard InChI is InChI=1S/C29H21N3O/c33-21-16-14-19(15-17-21)26-18-27(31-25-13-7-6-12-24(25)30-26)28-22-10-4-5-11-23(22)32-29(28)20-8-2-1-3-9-20/h1-18,31-33H. The van der Waals surface area contributed by atoms with Gasteiger partial charge >= 0.3 is 0 Å². The molecule has 2 heterocycles. The Bertz CT molecular complexity index is 1530. The molecule has 0 saturated heterocycles. The van der Waals surface area contributed by atoms with Crippen LogP contribution in [0.1, 0.15) is 11.1 Å². The Morgan fingerprint density at radius 1 is 0.667 bits per heavy atom. The number of nitrogens with one attached hydrogen (secondary N) is 2. The number of nitrogens with zero attached hydrogens (tertiary/aromatic N) is 1. The van der Waals surface area contributed by atoms with E-state index in [9.17, 15) is 5.11 Å². The number of hydrogen-bond acceptors (Lipinski definition) is 3. The number of phenolic OH excluding ortho intramolecular Hbond substituents is 1. The number of aromatic amines is 1. The van der Waals surface area contributed by atoms with E-state index in [1.54, 1.807) is 12.1 Å². The molecule has 0 amide bonds. The molecule has 0 spiro atoms. The highest BCUT2D eigenvalue weighted by Crippen LogP contribution is 2.39. The molecule has 4 nitrogen and oxygen atoms in total. The first kappa shape index (κ1) is 19.1. The molecule has 0 bridgehead atoms. The van der Waals surface area contributed by atoms with Crippen LogP contribution in [0.3, 0.4) is 0 Å². The molecule has 1 aromatic heterocycles. The SMILES string of the molecule is Oc1ccc(C2=Nc3ccccc3NC(c3c(-c4ccccc4)[nH]c4ccccc34)=C2)cc1. The van der Waals surface area contributed by atoms with Crippen molar-refractivity contribution in [2.24, 2.45) is 4.99 Å². The molecule has 5 aromatic rings. The first-order valence-corrected chi connectivity index (χ1v) is 10.9. The number of para-hydroxylation sites is 3. The summed E-state index contributed by atoms with van der Waals surface area (Å²) in [5.41, 5.74) is 8.89. The summed E-state index contributed by atoms with van der Waals surface area (Å²) in [6, 6.07) is 34.0. The molecule has 1 aliphatic rings. The highest BCUT2D eigenvalue weighted by molar-refractivity contribution is 6.18. The van der Waals surface area contributed by atoms with Gasteiger partial charge in [0.1, 0.15) is 5.75 Å². The summed E-state index contributed by atoms with van der Waals surface area (Å²) in [6.07, 6.45) is 2.09. The minimum Gasteiger partial charge on any atom is -0.508 e. The molecule has 6 rings (SSSR count). The van der Waals surface area contributed by atoms with Gasteiger partial charge in [-0.1, -0.05) is 60.7 Å². The number of phenols is 1. The largest absolute Gasteiger partial charge is 0.508 e. The van der Waals surface area contributed by atoms with Crippen LogP contribution in [0.25, 0.3) is 27.9 Å². The Labute approximate surface area is 191 Å². The summed E-state index contributed by atoms with van der Waals surface area (Å²) in [7, 11) is 0. The minimum atomic E-state index is 0.235. The average molecular weight is 428 g/mol. The third kappa shape index (κ3) is 3.48. The van der Waals surface area contributed by atoms with Gasteiger partial charge in [-0.15, -0.1) is 0 Å². The molecule has 3 N–H and O–H groups in total. The van der Waals surface area contributed by atoms with Gasteiger partial charge in [0.15, 0.2) is 0 Å². The second kappa shape index (κ2) is 7.84. The predicted octanol–water partition coefficient (Wildman–Crippen LogP) is 7.13. The van der Waals surface area contributed by atoms with E-state index < -0.39 is 0 Å². The van der Waals surface area contributed by atoms with Gasteiger partial charge in [-0.05, 0) is 54.1 Å². The van der Waals surface area contributed by atoms with Crippen molar-refractivity contribution in [2.45, 2.75) is 0 Å². The van der Waals surface area contributed by atoms with Crippen molar-refractivity contribution < 1.29 is 5.11 Å². The van der Waals surface area contributed by atoms with Crippen LogP contribution in [0.15, 0.2) is 114 Å². The zero-order valence-electron chi connectivity index (χ0n) is 17.8. The van der Waals surface area contributed by atoms with Crippen LogP contribution >= 0.6 is 0 Å². The molecule has 0 unspecified atom stereocenters. The summed E-state index contributed by atoms with van der Waals surface area (Å²) in [4.78, 5) is 8.60. The quantitative estimate of drug-likeness (QED) is 0.287. The summed E-state index contributed by atoms with van der Waals surface area (Å²) < 4.78 is 0. The summed E-state index contributed by atoms with van der Waals surface area (Å²) in [5.74, 6) is 0.235. The van der Waals surface area contributed by atoms with Gasteiger partial charge in [0, 0.05) is 22.0 Å². The van der Waals surface area contributed by atoms with Crippen LogP contribution in [0, 0.1) is 0 Å². The summed E-state index contributed by atoms with van der Waals surface area (Å²) in [6.45, 7) is 0. The Morgan fingerprint density at radius 2 is 1.39 bits per heavy atom. The first-order valence-electron chi connectivity index (χ1n) is 10.9. The monoisotopic (exact) mass is 427 g/mol. The van der Waals surface area contributed by atoms with E-state index in [4.69, 9.17) is 4.99 Å². The number of aromatic hydroxyl groups is 1.